The van der Waals surface area contributed by atoms with Crippen molar-refractivity contribution in [1.82, 2.24) is 0 Å². The van der Waals surface area contributed by atoms with E-state index in [4.69, 9.17) is 0 Å². The summed E-state index contributed by atoms with van der Waals surface area (Å²) in [6, 6.07) is 28.0. The first-order valence-electron chi connectivity index (χ1n) is 11.6. The van der Waals surface area contributed by atoms with Gasteiger partial charge in [-0.15, -0.1) is 68.0 Å². The lowest BCUT2D eigenvalue weighted by molar-refractivity contribution is 1.64. The van der Waals surface area contributed by atoms with E-state index in [2.05, 4.69) is 86.6 Å². The second kappa shape index (κ2) is 8.09. The molecule has 0 atom stereocenters. The summed E-state index contributed by atoms with van der Waals surface area (Å²) in [5, 5.41) is 5.41. The molecule has 0 fully saturated rings. The number of aryl methyl sites for hydroxylation is 2. The van der Waals surface area contributed by atoms with E-state index in [0.717, 1.165) is 0 Å². The molecule has 8 rings (SSSR count). The molecule has 0 aliphatic heterocycles. The highest BCUT2D eigenvalue weighted by Gasteiger charge is 2.14. The molecule has 0 aliphatic carbocycles. The normalized spacial score (nSPS) is 12.2. The van der Waals surface area contributed by atoms with Gasteiger partial charge < -0.3 is 0 Å². The van der Waals surface area contributed by atoms with Crippen LogP contribution in [0.3, 0.4) is 0 Å². The molecule has 0 spiro atoms. The molecule has 0 nitrogen and oxygen atoms in total. The number of hydrogen-bond donors (Lipinski definition) is 0. The zero-order chi connectivity index (χ0) is 24.0. The van der Waals surface area contributed by atoms with Crippen molar-refractivity contribution < 1.29 is 0 Å². The van der Waals surface area contributed by atoms with Crippen molar-refractivity contribution in [2.24, 2.45) is 0 Å². The Balaban J connectivity index is 1.18. The smallest absolute Gasteiger partial charge is 0.0455 e. The summed E-state index contributed by atoms with van der Waals surface area (Å²) in [4.78, 5) is 11.0. The minimum absolute atomic E-state index is 1.35. The molecule has 0 amide bonds. The molecule has 2 aromatic carbocycles. The Bertz CT molecular complexity index is 1830. The molecule has 0 bridgehead atoms. The first kappa shape index (κ1) is 21.7. The van der Waals surface area contributed by atoms with Crippen LogP contribution < -0.4 is 0 Å². The Hall–Kier alpha value is -2.32. The lowest BCUT2D eigenvalue weighted by atomic mass is 10.1. The maximum Gasteiger partial charge on any atom is 0.0455 e. The fourth-order valence-electron chi connectivity index (χ4n) is 4.77. The van der Waals surface area contributed by atoms with Gasteiger partial charge in [0.1, 0.15) is 0 Å². The molecule has 6 heteroatoms. The van der Waals surface area contributed by atoms with E-state index in [1.807, 2.05) is 68.0 Å². The first-order valence-corrected chi connectivity index (χ1v) is 16.5. The highest BCUT2D eigenvalue weighted by molar-refractivity contribution is 7.30. The van der Waals surface area contributed by atoms with E-state index >= 15 is 0 Å². The molecule has 174 valence electrons. The molecule has 36 heavy (non-hydrogen) atoms. The third kappa shape index (κ3) is 3.55. The van der Waals surface area contributed by atoms with Crippen molar-refractivity contribution in [2.45, 2.75) is 13.8 Å². The summed E-state index contributed by atoms with van der Waals surface area (Å²) in [6.07, 6.45) is 0. The van der Waals surface area contributed by atoms with Crippen LogP contribution in [-0.4, -0.2) is 0 Å². The van der Waals surface area contributed by atoms with Crippen molar-refractivity contribution in [3.05, 3.63) is 82.6 Å². The van der Waals surface area contributed by atoms with Gasteiger partial charge in [0.25, 0.3) is 0 Å². The van der Waals surface area contributed by atoms with Gasteiger partial charge in [0.2, 0.25) is 0 Å². The van der Waals surface area contributed by atoms with E-state index in [1.165, 1.54) is 79.4 Å². The Kier molecular flexibility index (Phi) is 4.88. The van der Waals surface area contributed by atoms with Crippen molar-refractivity contribution in [2.75, 3.05) is 0 Å². The average Bonchev–Trinajstić information content (AvgIpc) is 3.67. The highest BCUT2D eigenvalue weighted by Crippen LogP contribution is 2.45. The molecular weight excluding hydrogens is 553 g/mol. The quantitative estimate of drug-likeness (QED) is 0.198. The van der Waals surface area contributed by atoms with E-state index in [0.29, 0.717) is 0 Å². The zero-order valence-corrected chi connectivity index (χ0v) is 24.3. The van der Waals surface area contributed by atoms with Gasteiger partial charge >= 0.3 is 0 Å². The second-order valence-electron chi connectivity index (χ2n) is 9.12. The molecule has 6 aromatic heterocycles. The first-order chi connectivity index (χ1) is 17.6. The predicted octanol–water partition coefficient (Wildman–Crippen LogP) is 12.3. The fraction of sp³-hybridized carbons (Fsp3) is 0.0667. The van der Waals surface area contributed by atoms with Crippen LogP contribution >= 0.6 is 68.0 Å². The summed E-state index contributed by atoms with van der Waals surface area (Å²) in [7, 11) is 0. The molecule has 0 N–H and O–H groups in total. The van der Waals surface area contributed by atoms with Crippen LogP contribution in [0, 0.1) is 13.8 Å². The van der Waals surface area contributed by atoms with Gasteiger partial charge in [-0.25, -0.2) is 0 Å². The standard InChI is InChI=1S/C30H18S6/c1-15-3-5-21(31-15)27-9-17-7-19-11-29(35-25(19)13-23(17)33-27)30-12-20-8-18-10-28(22-6-4-16(2)32-22)34-24(18)14-26(20)36-30/h3-14H,1-2H3. The van der Waals surface area contributed by atoms with Crippen molar-refractivity contribution in [3.63, 3.8) is 0 Å². The summed E-state index contributed by atoms with van der Waals surface area (Å²) < 4.78 is 5.51. The monoisotopic (exact) mass is 570 g/mol. The van der Waals surface area contributed by atoms with Gasteiger partial charge in [-0.2, -0.15) is 0 Å². The fourth-order valence-corrected chi connectivity index (χ4v) is 11.2. The number of fused-ring (bicyclic) bond motifs is 4. The third-order valence-electron chi connectivity index (χ3n) is 6.52. The number of benzene rings is 2. The van der Waals surface area contributed by atoms with Crippen LogP contribution in [0.15, 0.2) is 72.8 Å². The summed E-state index contributed by atoms with van der Waals surface area (Å²) in [5.74, 6) is 0. The highest BCUT2D eigenvalue weighted by atomic mass is 32.1. The van der Waals surface area contributed by atoms with Crippen molar-refractivity contribution in [3.8, 4) is 29.3 Å². The Morgan fingerprint density at radius 2 is 0.667 bits per heavy atom. The molecule has 0 aliphatic rings. The van der Waals surface area contributed by atoms with Gasteiger partial charge in [0, 0.05) is 57.8 Å². The topological polar surface area (TPSA) is 0 Å². The molecular formula is C30H18S6. The van der Waals surface area contributed by atoms with Crippen LogP contribution in [-0.2, 0) is 0 Å². The van der Waals surface area contributed by atoms with E-state index in [-0.39, 0.29) is 0 Å². The van der Waals surface area contributed by atoms with E-state index < -0.39 is 0 Å². The summed E-state index contributed by atoms with van der Waals surface area (Å²) in [6.45, 7) is 4.36. The molecule has 6 heterocycles. The van der Waals surface area contributed by atoms with Crippen LogP contribution in [0.5, 0.6) is 0 Å². The van der Waals surface area contributed by atoms with Crippen LogP contribution in [0.2, 0.25) is 0 Å². The van der Waals surface area contributed by atoms with E-state index in [9.17, 15) is 0 Å². The van der Waals surface area contributed by atoms with Gasteiger partial charge in [-0.05, 0) is 108 Å². The van der Waals surface area contributed by atoms with Crippen LogP contribution in [0.25, 0.3) is 69.6 Å². The van der Waals surface area contributed by atoms with E-state index in [1.54, 1.807) is 0 Å². The maximum atomic E-state index is 2.39. The lowest BCUT2D eigenvalue weighted by Crippen LogP contribution is -1.63. The van der Waals surface area contributed by atoms with Gasteiger partial charge in [-0.1, -0.05) is 0 Å². The molecule has 8 aromatic rings. The molecule has 0 unspecified atom stereocenters. The average molecular weight is 571 g/mol. The maximum absolute atomic E-state index is 2.39. The Morgan fingerprint density at radius 3 is 0.972 bits per heavy atom. The largest absolute Gasteiger partial charge is 0.140 e. The minimum atomic E-state index is 1.35. The third-order valence-corrected chi connectivity index (χ3v) is 13.5. The van der Waals surface area contributed by atoms with Crippen molar-refractivity contribution >= 4 is 108 Å². The zero-order valence-electron chi connectivity index (χ0n) is 19.4. The molecule has 0 saturated heterocycles. The van der Waals surface area contributed by atoms with Crippen molar-refractivity contribution in [1.29, 1.82) is 0 Å². The Morgan fingerprint density at radius 1 is 0.333 bits per heavy atom. The summed E-state index contributed by atoms with van der Waals surface area (Å²) >= 11 is 11.4. The Labute approximate surface area is 232 Å². The second-order valence-corrected chi connectivity index (χ2v) is 16.0. The van der Waals surface area contributed by atoms with Gasteiger partial charge in [0.05, 0.1) is 0 Å². The number of rotatable bonds is 3. The number of thiophene rings is 6. The predicted molar refractivity (Wildman–Crippen MR) is 170 cm³/mol. The summed E-state index contributed by atoms with van der Waals surface area (Å²) in [5.41, 5.74) is 0. The molecule has 0 radical (unpaired) electrons. The minimum Gasteiger partial charge on any atom is -0.140 e. The lowest BCUT2D eigenvalue weighted by Gasteiger charge is -1.89. The van der Waals surface area contributed by atoms with Gasteiger partial charge in [0.15, 0.2) is 0 Å². The number of hydrogen-bond acceptors (Lipinski definition) is 6. The SMILES string of the molecule is Cc1ccc(-c2cc3cc4cc(-c5cc6cc7cc(-c8ccc(C)s8)sc7cc6s5)sc4cc3s2)s1. The van der Waals surface area contributed by atoms with Crippen LogP contribution in [0.1, 0.15) is 9.75 Å². The van der Waals surface area contributed by atoms with Crippen LogP contribution in [0.4, 0.5) is 0 Å². The van der Waals surface area contributed by atoms with Gasteiger partial charge in [-0.3, -0.25) is 0 Å². The molecule has 0 saturated carbocycles.